The molecule has 0 spiro atoms. The zero-order chi connectivity index (χ0) is 17.5. The average Bonchev–Trinajstić information content (AvgIpc) is 3.35. The maximum absolute atomic E-state index is 12.6. The lowest BCUT2D eigenvalue weighted by molar-refractivity contribution is -0.127. The number of carbonyl (C=O) groups is 2. The van der Waals surface area contributed by atoms with E-state index in [-0.39, 0.29) is 18.0 Å². The molecule has 1 unspecified atom stereocenters. The summed E-state index contributed by atoms with van der Waals surface area (Å²) in [6, 6.07) is 2.01. The van der Waals surface area contributed by atoms with E-state index in [4.69, 9.17) is 4.74 Å². The number of rotatable bonds is 8. The molecule has 2 saturated heterocycles. The number of likely N-dealkylation sites (tertiary alicyclic amines) is 1. The summed E-state index contributed by atoms with van der Waals surface area (Å²) in [5.41, 5.74) is 1.15. The summed E-state index contributed by atoms with van der Waals surface area (Å²) in [5, 5.41) is 7.12. The van der Waals surface area contributed by atoms with E-state index in [9.17, 15) is 9.59 Å². The van der Waals surface area contributed by atoms with Crippen molar-refractivity contribution >= 4 is 23.3 Å². The molecule has 2 aliphatic heterocycles. The van der Waals surface area contributed by atoms with Crippen molar-refractivity contribution in [2.24, 2.45) is 0 Å². The second-order valence-corrected chi connectivity index (χ2v) is 7.50. The Hall–Kier alpha value is -1.60. The second-order valence-electron chi connectivity index (χ2n) is 6.72. The standard InChI is InChI=1S/C18H27N3O3S/c22-17-5-1-8-20(17)9-3-7-19-18(23)21(12-15-6-11-25-14-15)13-16-4-2-10-24-16/h6,11,14,16H,1-5,7-10,12-13H2,(H,19,23). The van der Waals surface area contributed by atoms with Crippen LogP contribution < -0.4 is 5.32 Å². The zero-order valence-electron chi connectivity index (χ0n) is 14.6. The highest BCUT2D eigenvalue weighted by molar-refractivity contribution is 7.07. The molecular formula is C18H27N3O3S. The molecule has 3 heterocycles. The van der Waals surface area contributed by atoms with Gasteiger partial charge in [-0.25, -0.2) is 4.79 Å². The highest BCUT2D eigenvalue weighted by Gasteiger charge is 2.23. The van der Waals surface area contributed by atoms with Crippen LogP contribution in [0.15, 0.2) is 16.8 Å². The van der Waals surface area contributed by atoms with Gasteiger partial charge < -0.3 is 19.9 Å². The van der Waals surface area contributed by atoms with E-state index in [0.29, 0.717) is 26.1 Å². The lowest BCUT2D eigenvalue weighted by Crippen LogP contribution is -2.44. The second kappa shape index (κ2) is 9.20. The van der Waals surface area contributed by atoms with Gasteiger partial charge in [0, 0.05) is 45.8 Å². The average molecular weight is 365 g/mol. The molecule has 2 aliphatic rings. The quantitative estimate of drug-likeness (QED) is 0.720. The number of carbonyl (C=O) groups excluding carboxylic acids is 2. The predicted molar refractivity (Wildman–Crippen MR) is 97.5 cm³/mol. The predicted octanol–water partition coefficient (Wildman–Crippen LogP) is 2.45. The highest BCUT2D eigenvalue weighted by Crippen LogP contribution is 2.16. The van der Waals surface area contributed by atoms with Crippen LogP contribution in [0.4, 0.5) is 4.79 Å². The Morgan fingerprint density at radius 1 is 1.44 bits per heavy atom. The van der Waals surface area contributed by atoms with Gasteiger partial charge in [0.05, 0.1) is 6.10 Å². The van der Waals surface area contributed by atoms with E-state index in [1.54, 1.807) is 11.3 Å². The Morgan fingerprint density at radius 2 is 2.36 bits per heavy atom. The summed E-state index contributed by atoms with van der Waals surface area (Å²) in [6.07, 6.45) is 4.66. The lowest BCUT2D eigenvalue weighted by Gasteiger charge is -2.25. The number of nitrogens with one attached hydrogen (secondary N) is 1. The monoisotopic (exact) mass is 365 g/mol. The van der Waals surface area contributed by atoms with Crippen molar-refractivity contribution in [3.05, 3.63) is 22.4 Å². The number of urea groups is 1. The first-order valence-corrected chi connectivity index (χ1v) is 10.1. The normalized spacial score (nSPS) is 20.2. The highest BCUT2D eigenvalue weighted by atomic mass is 32.1. The van der Waals surface area contributed by atoms with Crippen molar-refractivity contribution in [3.8, 4) is 0 Å². The molecule has 1 aromatic rings. The summed E-state index contributed by atoms with van der Waals surface area (Å²) in [4.78, 5) is 27.9. The molecule has 1 N–H and O–H groups in total. The molecule has 0 bridgehead atoms. The molecular weight excluding hydrogens is 338 g/mol. The molecule has 0 saturated carbocycles. The largest absolute Gasteiger partial charge is 0.376 e. The van der Waals surface area contributed by atoms with Gasteiger partial charge in [0.2, 0.25) is 5.91 Å². The molecule has 1 aromatic heterocycles. The van der Waals surface area contributed by atoms with Crippen LogP contribution in [0.5, 0.6) is 0 Å². The molecule has 0 aromatic carbocycles. The van der Waals surface area contributed by atoms with E-state index >= 15 is 0 Å². The fourth-order valence-electron chi connectivity index (χ4n) is 3.37. The van der Waals surface area contributed by atoms with Crippen LogP contribution in [0.3, 0.4) is 0 Å². The maximum Gasteiger partial charge on any atom is 0.317 e. The molecule has 0 radical (unpaired) electrons. The fraction of sp³-hybridized carbons (Fsp3) is 0.667. The first kappa shape index (κ1) is 18.2. The Labute approximate surface area is 153 Å². The SMILES string of the molecule is O=C1CCCN1CCCNC(=O)N(Cc1ccsc1)CC1CCCO1. The smallest absolute Gasteiger partial charge is 0.317 e. The van der Waals surface area contributed by atoms with Gasteiger partial charge in [-0.15, -0.1) is 0 Å². The fourth-order valence-corrected chi connectivity index (χ4v) is 4.03. The van der Waals surface area contributed by atoms with Gasteiger partial charge in [-0.2, -0.15) is 11.3 Å². The molecule has 6 nitrogen and oxygen atoms in total. The van der Waals surface area contributed by atoms with Crippen LogP contribution in [0, 0.1) is 0 Å². The minimum absolute atomic E-state index is 0.0468. The molecule has 3 rings (SSSR count). The summed E-state index contributed by atoms with van der Waals surface area (Å²) >= 11 is 1.64. The van der Waals surface area contributed by atoms with Gasteiger partial charge in [0.25, 0.3) is 0 Å². The van der Waals surface area contributed by atoms with E-state index in [0.717, 1.165) is 50.9 Å². The third-order valence-corrected chi connectivity index (χ3v) is 5.47. The van der Waals surface area contributed by atoms with Crippen LogP contribution in [0.25, 0.3) is 0 Å². The maximum atomic E-state index is 12.6. The van der Waals surface area contributed by atoms with Crippen molar-refractivity contribution in [2.75, 3.05) is 32.8 Å². The summed E-state index contributed by atoms with van der Waals surface area (Å²) in [5.74, 6) is 0.240. The molecule has 138 valence electrons. The van der Waals surface area contributed by atoms with Crippen LogP contribution in [0.2, 0.25) is 0 Å². The van der Waals surface area contributed by atoms with Crippen molar-refractivity contribution in [2.45, 2.75) is 44.8 Å². The van der Waals surface area contributed by atoms with Crippen LogP contribution in [0.1, 0.15) is 37.7 Å². The molecule has 0 aliphatic carbocycles. The molecule has 2 fully saturated rings. The van der Waals surface area contributed by atoms with Crippen LogP contribution in [-0.4, -0.2) is 60.6 Å². The van der Waals surface area contributed by atoms with Gasteiger partial charge in [-0.1, -0.05) is 0 Å². The van der Waals surface area contributed by atoms with E-state index < -0.39 is 0 Å². The van der Waals surface area contributed by atoms with Crippen LogP contribution in [-0.2, 0) is 16.1 Å². The number of amides is 3. The third kappa shape index (κ3) is 5.44. The molecule has 3 amide bonds. The number of hydrogen-bond donors (Lipinski definition) is 1. The minimum Gasteiger partial charge on any atom is -0.376 e. The van der Waals surface area contributed by atoms with Gasteiger partial charge in [0.1, 0.15) is 0 Å². The first-order valence-electron chi connectivity index (χ1n) is 9.15. The van der Waals surface area contributed by atoms with E-state index in [1.807, 2.05) is 15.2 Å². The number of nitrogens with zero attached hydrogens (tertiary/aromatic N) is 2. The van der Waals surface area contributed by atoms with Crippen molar-refractivity contribution in [1.29, 1.82) is 0 Å². The Balaban J connectivity index is 1.44. The van der Waals surface area contributed by atoms with Crippen molar-refractivity contribution in [3.63, 3.8) is 0 Å². The summed E-state index contributed by atoms with van der Waals surface area (Å²) < 4.78 is 5.69. The topological polar surface area (TPSA) is 61.9 Å². The Kier molecular flexibility index (Phi) is 6.69. The van der Waals surface area contributed by atoms with E-state index in [2.05, 4.69) is 16.8 Å². The molecule has 25 heavy (non-hydrogen) atoms. The minimum atomic E-state index is -0.0468. The molecule has 1 atom stereocenters. The summed E-state index contributed by atoms with van der Waals surface area (Å²) in [7, 11) is 0. The van der Waals surface area contributed by atoms with Gasteiger partial charge >= 0.3 is 6.03 Å². The van der Waals surface area contributed by atoms with Crippen molar-refractivity contribution < 1.29 is 14.3 Å². The Morgan fingerprint density at radius 3 is 3.04 bits per heavy atom. The van der Waals surface area contributed by atoms with Gasteiger partial charge in [0.15, 0.2) is 0 Å². The Bertz CT molecular complexity index is 558. The van der Waals surface area contributed by atoms with E-state index in [1.165, 1.54) is 0 Å². The lowest BCUT2D eigenvalue weighted by atomic mass is 10.2. The first-order chi connectivity index (χ1) is 12.2. The number of hydrogen-bond acceptors (Lipinski definition) is 4. The number of thiophene rings is 1. The number of ether oxygens (including phenoxy) is 1. The van der Waals surface area contributed by atoms with Crippen molar-refractivity contribution in [1.82, 2.24) is 15.1 Å². The third-order valence-electron chi connectivity index (χ3n) is 4.74. The summed E-state index contributed by atoms with van der Waals surface area (Å²) in [6.45, 7) is 4.22. The zero-order valence-corrected chi connectivity index (χ0v) is 15.4. The van der Waals surface area contributed by atoms with Gasteiger partial charge in [-0.05, 0) is 48.1 Å². The molecule has 7 heteroatoms. The van der Waals surface area contributed by atoms with Crippen LogP contribution >= 0.6 is 11.3 Å². The van der Waals surface area contributed by atoms with Gasteiger partial charge in [-0.3, -0.25) is 4.79 Å².